The SMILES string of the molecule is COc1ccccc1C/C=C(\F)CN. The molecule has 1 rings (SSSR count). The summed E-state index contributed by atoms with van der Waals surface area (Å²) in [5.74, 6) is 0.476. The zero-order valence-electron chi connectivity index (χ0n) is 8.16. The molecule has 0 saturated carbocycles. The highest BCUT2D eigenvalue weighted by molar-refractivity contribution is 5.34. The quantitative estimate of drug-likeness (QED) is 0.798. The molecule has 2 nitrogen and oxygen atoms in total. The molecule has 0 aliphatic carbocycles. The Morgan fingerprint density at radius 3 is 2.86 bits per heavy atom. The van der Waals surface area contributed by atoms with Crippen LogP contribution in [0.5, 0.6) is 5.75 Å². The van der Waals surface area contributed by atoms with Crippen molar-refractivity contribution in [2.24, 2.45) is 5.73 Å². The van der Waals surface area contributed by atoms with Gasteiger partial charge < -0.3 is 10.5 Å². The average Bonchev–Trinajstić information content (AvgIpc) is 2.26. The summed E-state index contributed by atoms with van der Waals surface area (Å²) in [7, 11) is 1.60. The lowest BCUT2D eigenvalue weighted by Crippen LogP contribution is -1.99. The van der Waals surface area contributed by atoms with E-state index < -0.39 is 0 Å². The maximum absolute atomic E-state index is 12.7. The van der Waals surface area contributed by atoms with Crippen molar-refractivity contribution in [3.8, 4) is 5.75 Å². The Balaban J connectivity index is 2.76. The Bertz CT molecular complexity index is 323. The van der Waals surface area contributed by atoms with E-state index in [0.717, 1.165) is 11.3 Å². The highest BCUT2D eigenvalue weighted by Crippen LogP contribution is 2.18. The van der Waals surface area contributed by atoms with Gasteiger partial charge >= 0.3 is 0 Å². The molecule has 0 bridgehead atoms. The number of benzene rings is 1. The number of hydrogen-bond donors (Lipinski definition) is 1. The van der Waals surface area contributed by atoms with Crippen molar-refractivity contribution in [2.75, 3.05) is 13.7 Å². The third-order valence-electron chi connectivity index (χ3n) is 1.93. The summed E-state index contributed by atoms with van der Waals surface area (Å²) in [4.78, 5) is 0. The molecule has 0 fully saturated rings. The van der Waals surface area contributed by atoms with Gasteiger partial charge in [0.2, 0.25) is 0 Å². The fraction of sp³-hybridized carbons (Fsp3) is 0.273. The lowest BCUT2D eigenvalue weighted by atomic mass is 10.1. The van der Waals surface area contributed by atoms with Crippen LogP contribution in [0.25, 0.3) is 0 Å². The number of hydrogen-bond acceptors (Lipinski definition) is 2. The Kier molecular flexibility index (Phi) is 4.13. The molecule has 0 aromatic heterocycles. The average molecular weight is 195 g/mol. The van der Waals surface area contributed by atoms with Gasteiger partial charge in [0, 0.05) is 6.54 Å². The lowest BCUT2D eigenvalue weighted by molar-refractivity contribution is 0.410. The molecule has 0 radical (unpaired) electrons. The van der Waals surface area contributed by atoms with E-state index in [1.54, 1.807) is 7.11 Å². The summed E-state index contributed by atoms with van der Waals surface area (Å²) in [6.45, 7) is -0.0465. The summed E-state index contributed by atoms with van der Waals surface area (Å²) in [6.07, 6.45) is 1.98. The maximum atomic E-state index is 12.7. The summed E-state index contributed by atoms with van der Waals surface area (Å²) < 4.78 is 17.9. The standard InChI is InChI=1S/C11H14FNO/c1-14-11-5-3-2-4-9(11)6-7-10(12)8-13/h2-5,7H,6,8,13H2,1H3/b10-7-. The molecule has 76 valence electrons. The van der Waals surface area contributed by atoms with Crippen LogP contribution in [0.4, 0.5) is 4.39 Å². The van der Waals surface area contributed by atoms with Crippen molar-refractivity contribution in [1.82, 2.24) is 0 Å². The van der Waals surface area contributed by atoms with Crippen molar-refractivity contribution in [1.29, 1.82) is 0 Å². The van der Waals surface area contributed by atoms with Gasteiger partial charge in [-0.05, 0) is 24.1 Å². The van der Waals surface area contributed by atoms with Gasteiger partial charge in [0.25, 0.3) is 0 Å². The zero-order valence-corrected chi connectivity index (χ0v) is 8.16. The molecule has 0 amide bonds. The normalized spacial score (nSPS) is 11.5. The molecular formula is C11H14FNO. The highest BCUT2D eigenvalue weighted by atomic mass is 19.1. The van der Waals surface area contributed by atoms with E-state index in [4.69, 9.17) is 10.5 Å². The smallest absolute Gasteiger partial charge is 0.122 e. The first-order chi connectivity index (χ1) is 6.77. The number of ether oxygens (including phenoxy) is 1. The lowest BCUT2D eigenvalue weighted by Gasteiger charge is -2.05. The molecule has 0 saturated heterocycles. The molecule has 2 N–H and O–H groups in total. The molecule has 3 heteroatoms. The predicted molar refractivity (Wildman–Crippen MR) is 54.9 cm³/mol. The van der Waals surface area contributed by atoms with Gasteiger partial charge in [0.05, 0.1) is 7.11 Å². The maximum Gasteiger partial charge on any atom is 0.122 e. The van der Waals surface area contributed by atoms with E-state index in [2.05, 4.69) is 0 Å². The van der Waals surface area contributed by atoms with Crippen molar-refractivity contribution >= 4 is 0 Å². The Hall–Kier alpha value is -1.35. The second kappa shape index (κ2) is 5.40. The van der Waals surface area contributed by atoms with Gasteiger partial charge in [-0.15, -0.1) is 0 Å². The van der Waals surface area contributed by atoms with Gasteiger partial charge in [-0.1, -0.05) is 18.2 Å². The van der Waals surface area contributed by atoms with Gasteiger partial charge in [0.1, 0.15) is 11.6 Å². The molecule has 0 atom stereocenters. The monoisotopic (exact) mass is 195 g/mol. The first-order valence-corrected chi connectivity index (χ1v) is 4.44. The minimum atomic E-state index is -0.295. The first kappa shape index (κ1) is 10.7. The van der Waals surface area contributed by atoms with Crippen LogP contribution in [-0.2, 0) is 6.42 Å². The molecule has 0 heterocycles. The van der Waals surface area contributed by atoms with Crippen LogP contribution in [0.1, 0.15) is 5.56 Å². The zero-order chi connectivity index (χ0) is 10.4. The third-order valence-corrected chi connectivity index (χ3v) is 1.93. The molecule has 0 aliphatic rings. The molecule has 0 spiro atoms. The van der Waals surface area contributed by atoms with Crippen LogP contribution in [0.15, 0.2) is 36.2 Å². The number of halogens is 1. The number of nitrogens with two attached hydrogens (primary N) is 1. The second-order valence-corrected chi connectivity index (χ2v) is 2.87. The van der Waals surface area contributed by atoms with Gasteiger partial charge in [-0.2, -0.15) is 0 Å². The summed E-state index contributed by atoms with van der Waals surface area (Å²) in [5, 5.41) is 0. The summed E-state index contributed by atoms with van der Waals surface area (Å²) in [5.41, 5.74) is 6.09. The van der Waals surface area contributed by atoms with Crippen LogP contribution in [-0.4, -0.2) is 13.7 Å². The van der Waals surface area contributed by atoms with Gasteiger partial charge in [-0.3, -0.25) is 0 Å². The minimum Gasteiger partial charge on any atom is -0.496 e. The molecule has 1 aromatic carbocycles. The largest absolute Gasteiger partial charge is 0.496 e. The molecular weight excluding hydrogens is 181 g/mol. The van der Waals surface area contributed by atoms with Crippen molar-refractivity contribution in [3.05, 3.63) is 41.7 Å². The van der Waals surface area contributed by atoms with Crippen LogP contribution >= 0.6 is 0 Å². The fourth-order valence-electron chi connectivity index (χ4n) is 1.18. The fourth-order valence-corrected chi connectivity index (χ4v) is 1.18. The van der Waals surface area contributed by atoms with E-state index in [9.17, 15) is 4.39 Å². The highest BCUT2D eigenvalue weighted by Gasteiger charge is 1.99. The Labute approximate surface area is 83.2 Å². The van der Waals surface area contributed by atoms with Gasteiger partial charge in [0.15, 0.2) is 0 Å². The molecule has 1 aromatic rings. The summed E-state index contributed by atoms with van der Waals surface area (Å²) in [6, 6.07) is 7.53. The van der Waals surface area contributed by atoms with Crippen LogP contribution < -0.4 is 10.5 Å². The van der Waals surface area contributed by atoms with E-state index in [-0.39, 0.29) is 12.4 Å². The van der Waals surface area contributed by atoms with Crippen molar-refractivity contribution < 1.29 is 9.13 Å². The summed E-state index contributed by atoms with van der Waals surface area (Å²) >= 11 is 0. The Morgan fingerprint density at radius 2 is 2.21 bits per heavy atom. The topological polar surface area (TPSA) is 35.2 Å². The van der Waals surface area contributed by atoms with Gasteiger partial charge in [-0.25, -0.2) is 4.39 Å². The van der Waals surface area contributed by atoms with Crippen LogP contribution in [0, 0.1) is 0 Å². The van der Waals surface area contributed by atoms with Crippen LogP contribution in [0.2, 0.25) is 0 Å². The molecule has 0 unspecified atom stereocenters. The molecule has 14 heavy (non-hydrogen) atoms. The number of para-hydroxylation sites is 1. The predicted octanol–water partition coefficient (Wildman–Crippen LogP) is 2.05. The van der Waals surface area contributed by atoms with Crippen molar-refractivity contribution in [3.63, 3.8) is 0 Å². The first-order valence-electron chi connectivity index (χ1n) is 4.44. The van der Waals surface area contributed by atoms with E-state index in [1.807, 2.05) is 24.3 Å². The second-order valence-electron chi connectivity index (χ2n) is 2.87. The number of rotatable bonds is 4. The van der Waals surface area contributed by atoms with E-state index in [0.29, 0.717) is 6.42 Å². The third kappa shape index (κ3) is 2.85. The van der Waals surface area contributed by atoms with E-state index >= 15 is 0 Å². The minimum absolute atomic E-state index is 0.0465. The number of methoxy groups -OCH3 is 1. The van der Waals surface area contributed by atoms with E-state index in [1.165, 1.54) is 6.08 Å². The van der Waals surface area contributed by atoms with Crippen LogP contribution in [0.3, 0.4) is 0 Å². The number of allylic oxidation sites excluding steroid dienone is 1. The van der Waals surface area contributed by atoms with Crippen molar-refractivity contribution in [2.45, 2.75) is 6.42 Å². The Morgan fingerprint density at radius 1 is 1.50 bits per heavy atom. The molecule has 0 aliphatic heterocycles.